The van der Waals surface area contributed by atoms with Crippen LogP contribution in [0.1, 0.15) is 26.7 Å². The van der Waals surface area contributed by atoms with E-state index in [0.717, 1.165) is 0 Å². The Labute approximate surface area is 151 Å². The monoisotopic (exact) mass is 400 g/mol. The highest BCUT2D eigenvalue weighted by molar-refractivity contribution is 8.00. The van der Waals surface area contributed by atoms with Crippen LogP contribution >= 0.6 is 11.8 Å². The Morgan fingerprint density at radius 3 is 2.42 bits per heavy atom. The first kappa shape index (κ1) is 22.2. The summed E-state index contributed by atoms with van der Waals surface area (Å²) in [6.07, 6.45) is -4.72. The predicted octanol–water partition coefficient (Wildman–Crippen LogP) is 0.655. The quantitative estimate of drug-likeness (QED) is 0.421. The molecule has 0 aromatic heterocycles. The van der Waals surface area contributed by atoms with Crippen LogP contribution in [-0.4, -0.2) is 58.3 Å². The molecule has 8 nitrogen and oxygen atoms in total. The number of thioether (sulfide) groups is 1. The molecule has 0 spiro atoms. The highest BCUT2D eigenvalue weighted by Crippen LogP contribution is 2.29. The molecule has 1 amide bonds. The van der Waals surface area contributed by atoms with Crippen molar-refractivity contribution in [2.45, 2.75) is 50.3 Å². The van der Waals surface area contributed by atoms with Gasteiger partial charge in [-0.1, -0.05) is 6.92 Å². The van der Waals surface area contributed by atoms with E-state index in [1.54, 1.807) is 6.92 Å². The van der Waals surface area contributed by atoms with Crippen LogP contribution in [0.25, 0.3) is 0 Å². The van der Waals surface area contributed by atoms with Crippen LogP contribution in [0, 0.1) is 5.92 Å². The van der Waals surface area contributed by atoms with Crippen LogP contribution in [0.4, 0.5) is 13.2 Å². The number of aliphatic carboxylic acids is 1. The standard InChI is InChI=1S/C14H19F3N2O6S/c1-6(3-4-8(11(21)22)18-7(2)20)10-19-9(5-26-10)12(23)25-13(24)14(15,16)17/h6,8-10,19H,3-5H2,1-2H3,(H,18,20)(H,21,22)/t6-,8-,9+,10-/m1/s1. The molecule has 12 heteroatoms. The molecule has 1 aliphatic rings. The molecule has 0 saturated carbocycles. The molecular formula is C14H19F3N2O6S. The summed E-state index contributed by atoms with van der Waals surface area (Å²) >= 11 is 1.26. The van der Waals surface area contributed by atoms with E-state index in [4.69, 9.17) is 5.11 Å². The van der Waals surface area contributed by atoms with Crippen LogP contribution in [-0.2, 0) is 23.9 Å². The van der Waals surface area contributed by atoms with Gasteiger partial charge in [0.2, 0.25) is 5.91 Å². The summed E-state index contributed by atoms with van der Waals surface area (Å²) in [6.45, 7) is 2.97. The van der Waals surface area contributed by atoms with Crippen LogP contribution < -0.4 is 10.6 Å². The first-order valence-corrected chi connectivity index (χ1v) is 8.67. The smallest absolute Gasteiger partial charge is 0.480 e. The fourth-order valence-electron chi connectivity index (χ4n) is 2.26. The molecule has 1 saturated heterocycles. The number of nitrogens with one attached hydrogen (secondary N) is 2. The number of rotatable bonds is 7. The first-order chi connectivity index (χ1) is 11.9. The maximum absolute atomic E-state index is 12.1. The average molecular weight is 400 g/mol. The number of ether oxygens (including phenoxy) is 1. The van der Waals surface area contributed by atoms with E-state index in [1.165, 1.54) is 18.7 Å². The third-order valence-electron chi connectivity index (χ3n) is 3.62. The van der Waals surface area contributed by atoms with Gasteiger partial charge in [0.25, 0.3) is 0 Å². The van der Waals surface area contributed by atoms with E-state index in [0.29, 0.717) is 6.42 Å². The summed E-state index contributed by atoms with van der Waals surface area (Å²) < 4.78 is 40.1. The summed E-state index contributed by atoms with van der Waals surface area (Å²) in [6, 6.07) is -2.11. The van der Waals surface area contributed by atoms with Gasteiger partial charge in [-0.05, 0) is 18.8 Å². The molecule has 0 radical (unpaired) electrons. The molecule has 1 aliphatic heterocycles. The lowest BCUT2D eigenvalue weighted by atomic mass is 10.0. The number of esters is 2. The van der Waals surface area contributed by atoms with Gasteiger partial charge < -0.3 is 15.2 Å². The van der Waals surface area contributed by atoms with Gasteiger partial charge in [-0.15, -0.1) is 11.8 Å². The van der Waals surface area contributed by atoms with Gasteiger partial charge in [0.15, 0.2) is 0 Å². The zero-order valence-electron chi connectivity index (χ0n) is 14.0. The van der Waals surface area contributed by atoms with Gasteiger partial charge in [0, 0.05) is 12.7 Å². The lowest BCUT2D eigenvalue weighted by Gasteiger charge is -2.21. The highest BCUT2D eigenvalue weighted by atomic mass is 32.2. The van der Waals surface area contributed by atoms with Crippen LogP contribution in [0.15, 0.2) is 0 Å². The number of alkyl halides is 3. The molecule has 0 aromatic carbocycles. The van der Waals surface area contributed by atoms with E-state index < -0.39 is 42.1 Å². The predicted molar refractivity (Wildman–Crippen MR) is 84.0 cm³/mol. The fraction of sp³-hybridized carbons (Fsp3) is 0.714. The Bertz CT molecular complexity index is 571. The third kappa shape index (κ3) is 6.83. The number of carboxylic acid groups (broad SMARTS) is 1. The Morgan fingerprint density at radius 1 is 1.31 bits per heavy atom. The van der Waals surface area contributed by atoms with Crippen molar-refractivity contribution < 1.29 is 42.2 Å². The highest BCUT2D eigenvalue weighted by Gasteiger charge is 2.44. The number of carbonyl (C=O) groups excluding carboxylic acids is 3. The Morgan fingerprint density at radius 2 is 1.92 bits per heavy atom. The van der Waals surface area contributed by atoms with E-state index in [2.05, 4.69) is 15.4 Å². The van der Waals surface area contributed by atoms with Crippen molar-refractivity contribution in [1.82, 2.24) is 10.6 Å². The Kier molecular flexibility index (Phi) is 7.87. The molecule has 148 valence electrons. The molecule has 4 atom stereocenters. The van der Waals surface area contributed by atoms with E-state index in [-0.39, 0.29) is 23.5 Å². The number of carbonyl (C=O) groups is 4. The summed E-state index contributed by atoms with van der Waals surface area (Å²) in [5, 5.41) is 13.8. The SMILES string of the molecule is CC(=O)N[C@H](CC[C@@H](C)[C@@H]1N[C@H](C(=O)OC(=O)C(F)(F)F)CS1)C(=O)O. The molecular weight excluding hydrogens is 381 g/mol. The lowest BCUT2D eigenvalue weighted by Crippen LogP contribution is -2.43. The van der Waals surface area contributed by atoms with Crippen molar-refractivity contribution >= 4 is 35.6 Å². The van der Waals surface area contributed by atoms with Crippen molar-refractivity contribution in [3.63, 3.8) is 0 Å². The molecule has 0 aliphatic carbocycles. The maximum Gasteiger partial charge on any atom is 0.491 e. The van der Waals surface area contributed by atoms with Crippen LogP contribution in [0.2, 0.25) is 0 Å². The minimum absolute atomic E-state index is 0.118. The number of hydrogen-bond donors (Lipinski definition) is 3. The van der Waals surface area contributed by atoms with Gasteiger partial charge in [0.1, 0.15) is 12.1 Å². The summed E-state index contributed by atoms with van der Waals surface area (Å²) in [5.41, 5.74) is 0. The van der Waals surface area contributed by atoms with E-state index >= 15 is 0 Å². The average Bonchev–Trinajstić information content (AvgIpc) is 2.99. The largest absolute Gasteiger partial charge is 0.491 e. The van der Waals surface area contributed by atoms with Crippen molar-refractivity contribution in [2.24, 2.45) is 5.92 Å². The minimum Gasteiger partial charge on any atom is -0.480 e. The second-order valence-corrected chi connectivity index (χ2v) is 7.00. The summed E-state index contributed by atoms with van der Waals surface area (Å²) in [5.74, 6) is -5.55. The Hall–Kier alpha value is -1.82. The van der Waals surface area contributed by atoms with E-state index in [9.17, 15) is 32.3 Å². The van der Waals surface area contributed by atoms with Crippen molar-refractivity contribution in [3.05, 3.63) is 0 Å². The molecule has 1 rings (SSSR count). The third-order valence-corrected chi connectivity index (χ3v) is 5.11. The zero-order chi connectivity index (χ0) is 20.1. The van der Waals surface area contributed by atoms with Crippen LogP contribution in [0.3, 0.4) is 0 Å². The minimum atomic E-state index is -5.25. The van der Waals surface area contributed by atoms with E-state index in [1.807, 2.05) is 0 Å². The van der Waals surface area contributed by atoms with Crippen LogP contribution in [0.5, 0.6) is 0 Å². The fourth-order valence-corrected chi connectivity index (χ4v) is 3.62. The normalized spacial score (nSPS) is 22.3. The van der Waals surface area contributed by atoms with Gasteiger partial charge in [-0.3, -0.25) is 10.1 Å². The second kappa shape index (κ2) is 9.21. The number of halogens is 3. The summed E-state index contributed by atoms with van der Waals surface area (Å²) in [7, 11) is 0. The first-order valence-electron chi connectivity index (χ1n) is 7.62. The molecule has 1 heterocycles. The summed E-state index contributed by atoms with van der Waals surface area (Å²) in [4.78, 5) is 44.3. The Balaban J connectivity index is 2.49. The van der Waals surface area contributed by atoms with Gasteiger partial charge in [-0.25, -0.2) is 14.4 Å². The number of hydrogen-bond acceptors (Lipinski definition) is 7. The van der Waals surface area contributed by atoms with Gasteiger partial charge in [0.05, 0.1) is 5.37 Å². The maximum atomic E-state index is 12.1. The molecule has 26 heavy (non-hydrogen) atoms. The molecule has 0 unspecified atom stereocenters. The molecule has 0 aromatic rings. The zero-order valence-corrected chi connectivity index (χ0v) is 14.8. The number of carboxylic acids is 1. The van der Waals surface area contributed by atoms with Gasteiger partial charge >= 0.3 is 24.1 Å². The second-order valence-electron chi connectivity index (χ2n) is 5.83. The van der Waals surface area contributed by atoms with Crippen molar-refractivity contribution in [3.8, 4) is 0 Å². The van der Waals surface area contributed by atoms with Crippen molar-refractivity contribution in [1.29, 1.82) is 0 Å². The van der Waals surface area contributed by atoms with Gasteiger partial charge in [-0.2, -0.15) is 13.2 Å². The molecule has 0 bridgehead atoms. The van der Waals surface area contributed by atoms with Crippen molar-refractivity contribution in [2.75, 3.05) is 5.75 Å². The molecule has 3 N–H and O–H groups in total. The number of amides is 1. The lowest BCUT2D eigenvalue weighted by molar-refractivity contribution is -0.202. The molecule has 1 fully saturated rings. The topological polar surface area (TPSA) is 122 Å².